The second kappa shape index (κ2) is 7.27. The second-order valence-electron chi connectivity index (χ2n) is 5.83. The van der Waals surface area contributed by atoms with Crippen molar-refractivity contribution in [3.8, 4) is 0 Å². The molecule has 0 radical (unpaired) electrons. The number of carbonyl (C=O) groups is 1. The molecule has 2 atom stereocenters. The molecular formula is C16H25N3O. The average Bonchev–Trinajstić information content (AvgIpc) is 2.47. The predicted molar refractivity (Wildman–Crippen MR) is 81.9 cm³/mol. The minimum absolute atomic E-state index is 0.0358. The van der Waals surface area contributed by atoms with Gasteiger partial charge in [-0.05, 0) is 36.8 Å². The zero-order valence-corrected chi connectivity index (χ0v) is 12.5. The molecule has 1 aliphatic carbocycles. The van der Waals surface area contributed by atoms with Gasteiger partial charge in [0.1, 0.15) is 5.82 Å². The standard InChI is InChI=1S/C16H25N3O/c1-12-5-3-6-13(11-12)8-10-19-16(20)14-7-4-9-18-15(14)17-2/h4,7,9,12-13H,3,5-6,8,10-11H2,1-2H3,(H,17,18)(H,19,20). The molecule has 2 rings (SSSR count). The highest BCUT2D eigenvalue weighted by Crippen LogP contribution is 2.30. The van der Waals surface area contributed by atoms with Crippen molar-refractivity contribution in [3.63, 3.8) is 0 Å². The fraction of sp³-hybridized carbons (Fsp3) is 0.625. The average molecular weight is 275 g/mol. The van der Waals surface area contributed by atoms with E-state index in [-0.39, 0.29) is 5.91 Å². The minimum atomic E-state index is -0.0358. The fourth-order valence-electron chi connectivity index (χ4n) is 3.09. The molecular weight excluding hydrogens is 250 g/mol. The molecule has 1 saturated carbocycles. The van der Waals surface area contributed by atoms with Gasteiger partial charge in [-0.2, -0.15) is 0 Å². The third-order valence-corrected chi connectivity index (χ3v) is 4.17. The summed E-state index contributed by atoms with van der Waals surface area (Å²) in [5.41, 5.74) is 0.618. The molecule has 2 unspecified atom stereocenters. The van der Waals surface area contributed by atoms with Crippen LogP contribution in [0.2, 0.25) is 0 Å². The fourth-order valence-corrected chi connectivity index (χ4v) is 3.09. The zero-order valence-electron chi connectivity index (χ0n) is 12.5. The van der Waals surface area contributed by atoms with Crippen LogP contribution in [0.1, 0.15) is 49.4 Å². The van der Waals surface area contributed by atoms with Crippen molar-refractivity contribution in [2.24, 2.45) is 11.8 Å². The van der Waals surface area contributed by atoms with Crippen LogP contribution < -0.4 is 10.6 Å². The van der Waals surface area contributed by atoms with Crippen molar-refractivity contribution in [2.45, 2.75) is 39.0 Å². The molecule has 4 nitrogen and oxygen atoms in total. The molecule has 1 fully saturated rings. The Balaban J connectivity index is 1.80. The third kappa shape index (κ3) is 3.95. The van der Waals surface area contributed by atoms with Crippen LogP contribution in [-0.4, -0.2) is 24.5 Å². The lowest BCUT2D eigenvalue weighted by molar-refractivity contribution is 0.0950. The highest BCUT2D eigenvalue weighted by atomic mass is 16.1. The predicted octanol–water partition coefficient (Wildman–Crippen LogP) is 3.07. The summed E-state index contributed by atoms with van der Waals surface area (Å²) in [7, 11) is 1.78. The lowest BCUT2D eigenvalue weighted by Gasteiger charge is -2.26. The van der Waals surface area contributed by atoms with Gasteiger partial charge in [-0.25, -0.2) is 4.98 Å². The maximum Gasteiger partial charge on any atom is 0.255 e. The molecule has 0 aliphatic heterocycles. The summed E-state index contributed by atoms with van der Waals surface area (Å²) >= 11 is 0. The normalized spacial score (nSPS) is 22.3. The Morgan fingerprint density at radius 2 is 2.30 bits per heavy atom. The second-order valence-corrected chi connectivity index (χ2v) is 5.83. The molecule has 0 aromatic carbocycles. The van der Waals surface area contributed by atoms with Crippen molar-refractivity contribution < 1.29 is 4.79 Å². The van der Waals surface area contributed by atoms with Gasteiger partial charge in [-0.15, -0.1) is 0 Å². The zero-order chi connectivity index (χ0) is 14.4. The summed E-state index contributed by atoms with van der Waals surface area (Å²) in [6.07, 6.45) is 8.10. The Bertz CT molecular complexity index is 447. The van der Waals surface area contributed by atoms with Gasteiger partial charge in [0.2, 0.25) is 0 Å². The van der Waals surface area contributed by atoms with Crippen molar-refractivity contribution in [1.29, 1.82) is 0 Å². The van der Waals surface area contributed by atoms with Gasteiger partial charge in [0.25, 0.3) is 5.91 Å². The smallest absolute Gasteiger partial charge is 0.255 e. The van der Waals surface area contributed by atoms with E-state index in [0.717, 1.165) is 24.8 Å². The van der Waals surface area contributed by atoms with Crippen molar-refractivity contribution >= 4 is 11.7 Å². The summed E-state index contributed by atoms with van der Waals surface area (Å²) in [5.74, 6) is 2.22. The summed E-state index contributed by atoms with van der Waals surface area (Å²) in [6.45, 7) is 3.09. The molecule has 1 heterocycles. The molecule has 0 spiro atoms. The lowest BCUT2D eigenvalue weighted by atomic mass is 9.81. The Kier molecular flexibility index (Phi) is 5.39. The Morgan fingerprint density at radius 1 is 1.45 bits per heavy atom. The largest absolute Gasteiger partial charge is 0.372 e. The van der Waals surface area contributed by atoms with E-state index in [1.807, 2.05) is 0 Å². The first-order chi connectivity index (χ1) is 9.70. The summed E-state index contributed by atoms with van der Waals surface area (Å²) < 4.78 is 0. The summed E-state index contributed by atoms with van der Waals surface area (Å²) in [5, 5.41) is 5.97. The molecule has 110 valence electrons. The Hall–Kier alpha value is -1.58. The number of carbonyl (C=O) groups excluding carboxylic acids is 1. The van der Waals surface area contributed by atoms with E-state index in [2.05, 4.69) is 22.5 Å². The monoisotopic (exact) mass is 275 g/mol. The quantitative estimate of drug-likeness (QED) is 0.868. The van der Waals surface area contributed by atoms with E-state index in [4.69, 9.17) is 0 Å². The van der Waals surface area contributed by atoms with Crippen LogP contribution in [0.25, 0.3) is 0 Å². The Labute approximate surface area is 121 Å². The molecule has 0 saturated heterocycles. The van der Waals surface area contributed by atoms with E-state index in [1.165, 1.54) is 25.7 Å². The molecule has 4 heteroatoms. The maximum absolute atomic E-state index is 12.1. The van der Waals surface area contributed by atoms with Crippen LogP contribution in [0, 0.1) is 11.8 Å². The van der Waals surface area contributed by atoms with Gasteiger partial charge >= 0.3 is 0 Å². The third-order valence-electron chi connectivity index (χ3n) is 4.17. The van der Waals surface area contributed by atoms with E-state index in [1.54, 1.807) is 25.4 Å². The number of hydrogen-bond donors (Lipinski definition) is 2. The van der Waals surface area contributed by atoms with Gasteiger partial charge in [-0.1, -0.05) is 26.2 Å². The van der Waals surface area contributed by atoms with Crippen molar-refractivity contribution in [2.75, 3.05) is 18.9 Å². The van der Waals surface area contributed by atoms with E-state index >= 15 is 0 Å². The number of hydrogen-bond acceptors (Lipinski definition) is 3. The van der Waals surface area contributed by atoms with Gasteiger partial charge in [0, 0.05) is 19.8 Å². The highest BCUT2D eigenvalue weighted by Gasteiger charge is 2.19. The number of nitrogens with one attached hydrogen (secondary N) is 2. The first kappa shape index (κ1) is 14.8. The van der Waals surface area contributed by atoms with E-state index < -0.39 is 0 Å². The van der Waals surface area contributed by atoms with Crippen LogP contribution in [0.4, 0.5) is 5.82 Å². The van der Waals surface area contributed by atoms with Crippen molar-refractivity contribution in [3.05, 3.63) is 23.9 Å². The number of pyridine rings is 1. The van der Waals surface area contributed by atoms with Gasteiger partial charge in [-0.3, -0.25) is 4.79 Å². The van der Waals surface area contributed by atoms with Crippen LogP contribution in [-0.2, 0) is 0 Å². The molecule has 1 aliphatic rings. The summed E-state index contributed by atoms with van der Waals surface area (Å²) in [4.78, 5) is 16.3. The molecule has 0 bridgehead atoms. The SMILES string of the molecule is CNc1ncccc1C(=O)NCCC1CCCC(C)C1. The van der Waals surface area contributed by atoms with E-state index in [0.29, 0.717) is 11.4 Å². The van der Waals surface area contributed by atoms with Crippen molar-refractivity contribution in [1.82, 2.24) is 10.3 Å². The van der Waals surface area contributed by atoms with Gasteiger partial charge in [0.15, 0.2) is 0 Å². The van der Waals surface area contributed by atoms with Crippen LogP contribution >= 0.6 is 0 Å². The van der Waals surface area contributed by atoms with E-state index in [9.17, 15) is 4.79 Å². The van der Waals surface area contributed by atoms with Gasteiger partial charge in [0.05, 0.1) is 5.56 Å². The molecule has 2 N–H and O–H groups in total. The number of anilines is 1. The molecule has 1 aromatic heterocycles. The van der Waals surface area contributed by atoms with Gasteiger partial charge < -0.3 is 10.6 Å². The number of aromatic nitrogens is 1. The minimum Gasteiger partial charge on any atom is -0.372 e. The van der Waals surface area contributed by atoms with Crippen LogP contribution in [0.15, 0.2) is 18.3 Å². The molecule has 20 heavy (non-hydrogen) atoms. The number of amides is 1. The number of nitrogens with zero attached hydrogens (tertiary/aromatic N) is 1. The first-order valence-corrected chi connectivity index (χ1v) is 7.61. The number of rotatable bonds is 5. The molecule has 1 aromatic rings. The highest BCUT2D eigenvalue weighted by molar-refractivity contribution is 5.98. The van der Waals surface area contributed by atoms with Crippen LogP contribution in [0.5, 0.6) is 0 Å². The lowest BCUT2D eigenvalue weighted by Crippen LogP contribution is -2.27. The van der Waals surface area contributed by atoms with Crippen LogP contribution in [0.3, 0.4) is 0 Å². The first-order valence-electron chi connectivity index (χ1n) is 7.61. The Morgan fingerprint density at radius 3 is 3.05 bits per heavy atom. The maximum atomic E-state index is 12.1. The topological polar surface area (TPSA) is 54.0 Å². The molecule has 1 amide bonds. The summed E-state index contributed by atoms with van der Waals surface area (Å²) in [6, 6.07) is 3.59.